The number of aromatic amines is 1. The summed E-state index contributed by atoms with van der Waals surface area (Å²) in [7, 11) is 0. The van der Waals surface area contributed by atoms with Gasteiger partial charge in [-0.05, 0) is 38.0 Å². The van der Waals surface area contributed by atoms with E-state index in [1.165, 1.54) is 10.5 Å². The van der Waals surface area contributed by atoms with E-state index in [9.17, 15) is 14.7 Å². The second-order valence-electron chi connectivity index (χ2n) is 12.0. The van der Waals surface area contributed by atoms with Crippen molar-refractivity contribution in [3.05, 3.63) is 94.5 Å². The van der Waals surface area contributed by atoms with Gasteiger partial charge in [0.15, 0.2) is 0 Å². The molecule has 0 unspecified atom stereocenters. The molecule has 2 amide bonds. The first-order chi connectivity index (χ1) is 18.6. The Bertz CT molecular complexity index is 1670. The molecule has 198 valence electrons. The van der Waals surface area contributed by atoms with E-state index in [1.807, 2.05) is 54.6 Å². The average Bonchev–Trinajstić information content (AvgIpc) is 3.51. The van der Waals surface area contributed by atoms with Crippen molar-refractivity contribution >= 4 is 34.5 Å². The van der Waals surface area contributed by atoms with E-state index in [2.05, 4.69) is 44.1 Å². The van der Waals surface area contributed by atoms with Crippen LogP contribution < -0.4 is 5.32 Å². The van der Waals surface area contributed by atoms with Crippen LogP contribution in [0.25, 0.3) is 17.0 Å². The number of benzene rings is 2. The molecule has 4 aliphatic heterocycles. The number of anilines is 1. The van der Waals surface area contributed by atoms with Crippen molar-refractivity contribution in [2.24, 2.45) is 0 Å². The summed E-state index contributed by atoms with van der Waals surface area (Å²) >= 11 is 0. The molecular formula is C32H32N4O3. The molecule has 39 heavy (non-hydrogen) atoms. The van der Waals surface area contributed by atoms with Gasteiger partial charge in [-0.15, -0.1) is 0 Å². The average molecular weight is 521 g/mol. The molecule has 7 rings (SSSR count). The van der Waals surface area contributed by atoms with Gasteiger partial charge >= 0.3 is 0 Å². The molecule has 1 aromatic heterocycles. The molecule has 4 aliphatic rings. The third-order valence-corrected chi connectivity index (χ3v) is 8.75. The molecule has 0 radical (unpaired) electrons. The van der Waals surface area contributed by atoms with E-state index in [1.54, 1.807) is 11.1 Å². The Morgan fingerprint density at radius 1 is 1.13 bits per heavy atom. The molecule has 0 saturated carbocycles. The first kappa shape index (κ1) is 24.0. The van der Waals surface area contributed by atoms with Crippen LogP contribution in [0.5, 0.6) is 0 Å². The molecule has 0 aliphatic carbocycles. The van der Waals surface area contributed by atoms with Gasteiger partial charge in [0.2, 0.25) is 0 Å². The van der Waals surface area contributed by atoms with Crippen molar-refractivity contribution in [3.63, 3.8) is 0 Å². The van der Waals surface area contributed by atoms with Crippen LogP contribution in [0.15, 0.2) is 72.1 Å². The maximum absolute atomic E-state index is 14.3. The Morgan fingerprint density at radius 2 is 1.92 bits per heavy atom. The van der Waals surface area contributed by atoms with Crippen molar-refractivity contribution < 1.29 is 14.7 Å². The largest absolute Gasteiger partial charge is 0.381 e. The molecule has 0 bridgehead atoms. The molecule has 3 N–H and O–H groups in total. The van der Waals surface area contributed by atoms with Gasteiger partial charge in [-0.3, -0.25) is 14.5 Å². The van der Waals surface area contributed by atoms with Crippen LogP contribution >= 0.6 is 0 Å². The topological polar surface area (TPSA) is 88.7 Å². The number of piperazine rings is 1. The van der Waals surface area contributed by atoms with Crippen LogP contribution in [0.2, 0.25) is 0 Å². The van der Waals surface area contributed by atoms with Gasteiger partial charge in [0, 0.05) is 51.4 Å². The number of para-hydroxylation sites is 2. The number of carbonyl (C=O) groups is 2. The zero-order valence-corrected chi connectivity index (χ0v) is 22.6. The van der Waals surface area contributed by atoms with Crippen LogP contribution in [0, 0.1) is 0 Å². The predicted octanol–water partition coefficient (Wildman–Crippen LogP) is 4.90. The number of allylic oxidation sites excluding steroid dienone is 3. The van der Waals surface area contributed by atoms with Crippen molar-refractivity contribution in [1.29, 1.82) is 0 Å². The minimum Gasteiger partial charge on any atom is -0.381 e. The van der Waals surface area contributed by atoms with E-state index in [0.29, 0.717) is 5.70 Å². The number of amides is 2. The van der Waals surface area contributed by atoms with Crippen LogP contribution in [0.1, 0.15) is 56.5 Å². The molecule has 2 aromatic carbocycles. The lowest BCUT2D eigenvalue weighted by Gasteiger charge is -2.40. The minimum absolute atomic E-state index is 0.147. The van der Waals surface area contributed by atoms with Crippen molar-refractivity contribution in [1.82, 2.24) is 14.8 Å². The van der Waals surface area contributed by atoms with Gasteiger partial charge in [0.05, 0.1) is 0 Å². The number of hydrogen-bond acceptors (Lipinski definition) is 4. The zero-order valence-electron chi connectivity index (χ0n) is 22.6. The fourth-order valence-electron chi connectivity index (χ4n) is 6.68. The standard InChI is InChI=1S/C32H32N4O3/c1-18(2)12-13-19-8-7-10-22-26(19)34-30-32(22,39)17-25-28(37)35-15-14-31(3,4)27-21(16-24(35)29(38)36(25)30)20-9-5-6-11-23(20)33-27/h5-12,14-16,25,30,33-34,39H,13,17H2,1-4H3/t25-,30+,32-/m1/s1. The summed E-state index contributed by atoms with van der Waals surface area (Å²) < 4.78 is 0. The number of carbonyl (C=O) groups excluding carboxylic acids is 2. The second-order valence-corrected chi connectivity index (χ2v) is 12.0. The van der Waals surface area contributed by atoms with Crippen molar-refractivity contribution in [2.45, 2.75) is 63.8 Å². The molecule has 2 fully saturated rings. The SMILES string of the molecule is CC(C)=CCc1cccc2c1N[C@H]1N3C(=O)C4=Cc5c([nH]c6ccccc56)C(C)(C)C=CN4C(=O)[C@H]3C[C@@]21O. The number of rotatable bonds is 2. The Kier molecular flexibility index (Phi) is 4.89. The molecule has 0 spiro atoms. The van der Waals surface area contributed by atoms with Gasteiger partial charge in [0.25, 0.3) is 11.8 Å². The summed E-state index contributed by atoms with van der Waals surface area (Å²) in [4.78, 5) is 34.9. The molecule has 5 heterocycles. The quantitative estimate of drug-likeness (QED) is 0.419. The third-order valence-electron chi connectivity index (χ3n) is 8.75. The lowest BCUT2D eigenvalue weighted by Crippen LogP contribution is -2.58. The lowest BCUT2D eigenvalue weighted by atomic mass is 9.85. The molecule has 2 saturated heterocycles. The second kappa shape index (κ2) is 7.96. The highest BCUT2D eigenvalue weighted by atomic mass is 16.3. The summed E-state index contributed by atoms with van der Waals surface area (Å²) in [6.45, 7) is 8.31. The highest BCUT2D eigenvalue weighted by molar-refractivity contribution is 6.10. The minimum atomic E-state index is -1.36. The van der Waals surface area contributed by atoms with E-state index in [0.717, 1.165) is 45.4 Å². The predicted molar refractivity (Wildman–Crippen MR) is 151 cm³/mol. The zero-order chi connectivity index (χ0) is 27.3. The first-order valence-electron chi connectivity index (χ1n) is 13.5. The Morgan fingerprint density at radius 3 is 2.72 bits per heavy atom. The third kappa shape index (κ3) is 3.26. The number of aromatic nitrogens is 1. The van der Waals surface area contributed by atoms with Crippen LogP contribution in [0.4, 0.5) is 5.69 Å². The Hall–Kier alpha value is -4.10. The molecule has 3 atom stereocenters. The van der Waals surface area contributed by atoms with Crippen molar-refractivity contribution in [2.75, 3.05) is 5.32 Å². The van der Waals surface area contributed by atoms with E-state index >= 15 is 0 Å². The Labute approximate surface area is 227 Å². The summed E-state index contributed by atoms with van der Waals surface area (Å²) in [6.07, 6.45) is 7.84. The fraction of sp³-hybridized carbons (Fsp3) is 0.312. The highest BCUT2D eigenvalue weighted by Crippen LogP contribution is 2.52. The van der Waals surface area contributed by atoms with Gasteiger partial charge < -0.3 is 20.3 Å². The summed E-state index contributed by atoms with van der Waals surface area (Å²) in [6, 6.07) is 13.1. The Balaban J connectivity index is 1.35. The first-order valence-corrected chi connectivity index (χ1v) is 13.5. The van der Waals surface area contributed by atoms with E-state index < -0.39 is 23.2 Å². The molecule has 7 heteroatoms. The van der Waals surface area contributed by atoms with Gasteiger partial charge in [0.1, 0.15) is 23.5 Å². The number of aliphatic hydroxyl groups is 1. The number of fused-ring (bicyclic) bond motifs is 9. The maximum Gasteiger partial charge on any atom is 0.273 e. The van der Waals surface area contributed by atoms with Crippen LogP contribution in [0.3, 0.4) is 0 Å². The maximum atomic E-state index is 14.3. The normalized spacial score (nSPS) is 26.1. The monoisotopic (exact) mass is 520 g/mol. The highest BCUT2D eigenvalue weighted by Gasteiger charge is 2.63. The fourth-order valence-corrected chi connectivity index (χ4v) is 6.68. The lowest BCUT2D eigenvalue weighted by molar-refractivity contribution is -0.148. The molecule has 7 nitrogen and oxygen atoms in total. The van der Waals surface area contributed by atoms with E-state index in [-0.39, 0.29) is 18.2 Å². The molecular weight excluding hydrogens is 488 g/mol. The van der Waals surface area contributed by atoms with Gasteiger partial charge in [-0.1, -0.05) is 68.0 Å². The summed E-state index contributed by atoms with van der Waals surface area (Å²) in [5.41, 5.74) is 5.29. The smallest absolute Gasteiger partial charge is 0.273 e. The van der Waals surface area contributed by atoms with E-state index in [4.69, 9.17) is 0 Å². The molecule has 3 aromatic rings. The summed E-state index contributed by atoms with van der Waals surface area (Å²) in [5.74, 6) is -0.477. The number of nitrogens with one attached hydrogen (secondary N) is 2. The number of H-pyrrole nitrogens is 1. The summed E-state index contributed by atoms with van der Waals surface area (Å²) in [5, 5.41) is 16.5. The van der Waals surface area contributed by atoms with Gasteiger partial charge in [-0.2, -0.15) is 0 Å². The number of hydrogen-bond donors (Lipinski definition) is 3. The number of nitrogens with zero attached hydrogens (tertiary/aromatic N) is 2. The van der Waals surface area contributed by atoms with Crippen molar-refractivity contribution in [3.8, 4) is 0 Å². The van der Waals surface area contributed by atoms with Crippen LogP contribution in [-0.4, -0.2) is 43.9 Å². The van der Waals surface area contributed by atoms with Crippen LogP contribution in [-0.2, 0) is 27.0 Å². The van der Waals surface area contributed by atoms with Gasteiger partial charge in [-0.25, -0.2) is 0 Å².